The summed E-state index contributed by atoms with van der Waals surface area (Å²) in [7, 11) is 0. The third-order valence-corrected chi connectivity index (χ3v) is 3.20. The lowest BCUT2D eigenvalue weighted by Crippen LogP contribution is -2.35. The highest BCUT2D eigenvalue weighted by molar-refractivity contribution is 5.22. The van der Waals surface area contributed by atoms with E-state index in [0.717, 1.165) is 31.2 Å². The van der Waals surface area contributed by atoms with Crippen LogP contribution < -0.4 is 5.32 Å². The number of ether oxygens (including phenoxy) is 1. The van der Waals surface area contributed by atoms with Gasteiger partial charge in [-0.1, -0.05) is 13.0 Å². The molecule has 0 amide bonds. The van der Waals surface area contributed by atoms with Crippen LogP contribution in [0.1, 0.15) is 25.3 Å². The van der Waals surface area contributed by atoms with E-state index in [0.29, 0.717) is 18.6 Å². The Morgan fingerprint density at radius 2 is 2.21 bits per heavy atom. The molecule has 0 saturated heterocycles. The molecule has 1 unspecified atom stereocenters. The predicted octanol–water partition coefficient (Wildman–Crippen LogP) is 3.18. The lowest BCUT2D eigenvalue weighted by Gasteiger charge is -2.24. The lowest BCUT2D eigenvalue weighted by atomic mass is 10.0. The second kappa shape index (κ2) is 6.66. The van der Waals surface area contributed by atoms with Crippen molar-refractivity contribution in [2.75, 3.05) is 13.2 Å². The van der Waals surface area contributed by atoms with Gasteiger partial charge in [0.2, 0.25) is 0 Å². The van der Waals surface area contributed by atoms with Crippen molar-refractivity contribution < 1.29 is 13.5 Å². The number of likely N-dealkylation sites (N-methyl/N-ethyl adjacent to an activating group) is 1. The summed E-state index contributed by atoms with van der Waals surface area (Å²) in [6, 6.07) is 3.66. The first-order chi connectivity index (χ1) is 9.20. The summed E-state index contributed by atoms with van der Waals surface area (Å²) < 4.78 is 32.2. The molecule has 1 atom stereocenters. The van der Waals surface area contributed by atoms with E-state index in [-0.39, 0.29) is 6.04 Å². The molecule has 4 heteroatoms. The molecule has 104 valence electrons. The van der Waals surface area contributed by atoms with E-state index in [4.69, 9.17) is 4.74 Å². The molecule has 1 aromatic carbocycles. The van der Waals surface area contributed by atoms with E-state index in [9.17, 15) is 8.78 Å². The monoisotopic (exact) mass is 267 g/mol. The molecule has 0 aromatic heterocycles. The van der Waals surface area contributed by atoms with Crippen LogP contribution in [0.5, 0.6) is 0 Å². The van der Waals surface area contributed by atoms with Crippen LogP contribution in [0.25, 0.3) is 0 Å². The number of hydrogen-bond donors (Lipinski definition) is 1. The van der Waals surface area contributed by atoms with Crippen LogP contribution in [0.15, 0.2) is 30.0 Å². The van der Waals surface area contributed by atoms with Gasteiger partial charge in [0.1, 0.15) is 17.4 Å². The molecule has 0 bridgehead atoms. The summed E-state index contributed by atoms with van der Waals surface area (Å²) in [6.45, 7) is 3.48. The molecule has 1 heterocycles. The van der Waals surface area contributed by atoms with Crippen LogP contribution in [0.4, 0.5) is 8.78 Å². The highest BCUT2D eigenvalue weighted by Gasteiger charge is 2.19. The van der Waals surface area contributed by atoms with Crippen molar-refractivity contribution in [2.24, 2.45) is 0 Å². The van der Waals surface area contributed by atoms with Crippen LogP contribution >= 0.6 is 0 Å². The Morgan fingerprint density at radius 3 is 2.84 bits per heavy atom. The molecule has 2 nitrogen and oxygen atoms in total. The van der Waals surface area contributed by atoms with Crippen molar-refractivity contribution in [1.29, 1.82) is 0 Å². The first kappa shape index (κ1) is 14.0. The van der Waals surface area contributed by atoms with E-state index < -0.39 is 11.6 Å². The zero-order valence-corrected chi connectivity index (χ0v) is 11.1. The third-order valence-electron chi connectivity index (χ3n) is 3.20. The van der Waals surface area contributed by atoms with Gasteiger partial charge in [0.05, 0.1) is 12.6 Å². The minimum atomic E-state index is -0.547. The number of benzene rings is 1. The Labute approximate surface area is 112 Å². The van der Waals surface area contributed by atoms with Gasteiger partial charge in [-0.15, -0.1) is 0 Å². The van der Waals surface area contributed by atoms with Gasteiger partial charge in [-0.3, -0.25) is 0 Å². The maximum Gasteiger partial charge on any atom is 0.129 e. The largest absolute Gasteiger partial charge is 0.497 e. The average molecular weight is 267 g/mol. The fourth-order valence-corrected chi connectivity index (χ4v) is 2.25. The summed E-state index contributed by atoms with van der Waals surface area (Å²) in [5.41, 5.74) is 0.502. The Morgan fingerprint density at radius 1 is 1.37 bits per heavy atom. The molecule has 0 fully saturated rings. The first-order valence-electron chi connectivity index (χ1n) is 6.71. The van der Waals surface area contributed by atoms with E-state index >= 15 is 0 Å². The van der Waals surface area contributed by atoms with E-state index in [2.05, 4.69) is 11.4 Å². The van der Waals surface area contributed by atoms with Crippen molar-refractivity contribution >= 4 is 0 Å². The summed E-state index contributed by atoms with van der Waals surface area (Å²) in [5, 5.41) is 3.29. The Hall–Kier alpha value is -1.42. The zero-order chi connectivity index (χ0) is 13.7. The van der Waals surface area contributed by atoms with Crippen LogP contribution in [0.3, 0.4) is 0 Å². The van der Waals surface area contributed by atoms with Gasteiger partial charge in [0.25, 0.3) is 0 Å². The van der Waals surface area contributed by atoms with E-state index in [1.165, 1.54) is 12.1 Å². The van der Waals surface area contributed by atoms with Crippen molar-refractivity contribution in [3.05, 3.63) is 47.2 Å². The van der Waals surface area contributed by atoms with E-state index in [1.54, 1.807) is 0 Å². The van der Waals surface area contributed by atoms with Crippen LogP contribution in [0.2, 0.25) is 0 Å². The number of hydrogen-bond acceptors (Lipinski definition) is 2. The normalized spacial score (nSPS) is 16.7. The number of nitrogens with one attached hydrogen (secondary N) is 1. The van der Waals surface area contributed by atoms with Crippen molar-refractivity contribution in [3.8, 4) is 0 Å². The standard InChI is InChI=1S/C15H19F2NO/c1-2-18-14(15-5-3-4-8-19-15)9-11-6-7-12(16)10-13(11)17/h5-7,10,14,18H,2-4,8-9H2,1H3. The minimum Gasteiger partial charge on any atom is -0.497 e. The molecule has 0 radical (unpaired) electrons. The maximum atomic E-state index is 13.7. The minimum absolute atomic E-state index is 0.0507. The van der Waals surface area contributed by atoms with Gasteiger partial charge in [-0.05, 0) is 43.5 Å². The first-order valence-corrected chi connectivity index (χ1v) is 6.71. The van der Waals surface area contributed by atoms with Gasteiger partial charge in [0.15, 0.2) is 0 Å². The predicted molar refractivity (Wildman–Crippen MR) is 70.8 cm³/mol. The van der Waals surface area contributed by atoms with Crippen LogP contribution in [-0.4, -0.2) is 19.2 Å². The smallest absolute Gasteiger partial charge is 0.129 e. The number of halogens is 2. The highest BCUT2D eigenvalue weighted by Crippen LogP contribution is 2.19. The SMILES string of the molecule is CCNC(Cc1ccc(F)cc1F)C1=CCCCO1. The fraction of sp³-hybridized carbons (Fsp3) is 0.467. The highest BCUT2D eigenvalue weighted by atomic mass is 19.1. The molecular weight excluding hydrogens is 248 g/mol. The molecule has 0 aliphatic carbocycles. The van der Waals surface area contributed by atoms with Gasteiger partial charge < -0.3 is 10.1 Å². The fourth-order valence-electron chi connectivity index (χ4n) is 2.25. The topological polar surface area (TPSA) is 21.3 Å². The van der Waals surface area contributed by atoms with Gasteiger partial charge >= 0.3 is 0 Å². The molecule has 2 rings (SSSR count). The summed E-state index contributed by atoms with van der Waals surface area (Å²) in [6.07, 6.45) is 4.53. The molecule has 1 aromatic rings. The van der Waals surface area contributed by atoms with Crippen molar-refractivity contribution in [3.63, 3.8) is 0 Å². The zero-order valence-electron chi connectivity index (χ0n) is 11.1. The molecule has 1 aliphatic heterocycles. The molecule has 1 N–H and O–H groups in total. The Balaban J connectivity index is 2.13. The second-order valence-corrected chi connectivity index (χ2v) is 4.65. The van der Waals surface area contributed by atoms with Gasteiger partial charge in [-0.25, -0.2) is 8.78 Å². The second-order valence-electron chi connectivity index (χ2n) is 4.65. The molecule has 0 spiro atoms. The van der Waals surface area contributed by atoms with E-state index in [1.807, 2.05) is 6.92 Å². The Kier molecular flexibility index (Phi) is 4.91. The molecule has 1 aliphatic rings. The van der Waals surface area contributed by atoms with Crippen molar-refractivity contribution in [2.45, 2.75) is 32.2 Å². The molecule has 0 saturated carbocycles. The van der Waals surface area contributed by atoms with Gasteiger partial charge in [0, 0.05) is 6.07 Å². The number of allylic oxidation sites excluding steroid dienone is 1. The van der Waals surface area contributed by atoms with Crippen molar-refractivity contribution in [1.82, 2.24) is 5.32 Å². The maximum absolute atomic E-state index is 13.7. The summed E-state index contributed by atoms with van der Waals surface area (Å²) in [4.78, 5) is 0. The number of rotatable bonds is 5. The quantitative estimate of drug-likeness (QED) is 0.884. The Bertz CT molecular complexity index is 459. The summed E-state index contributed by atoms with van der Waals surface area (Å²) in [5.74, 6) is -0.175. The van der Waals surface area contributed by atoms with Crippen LogP contribution in [0, 0.1) is 11.6 Å². The molecular formula is C15H19F2NO. The van der Waals surface area contributed by atoms with Gasteiger partial charge in [-0.2, -0.15) is 0 Å². The summed E-state index contributed by atoms with van der Waals surface area (Å²) >= 11 is 0. The third kappa shape index (κ3) is 3.77. The average Bonchev–Trinajstić information content (AvgIpc) is 2.42. The van der Waals surface area contributed by atoms with Crippen LogP contribution in [-0.2, 0) is 11.2 Å². The lowest BCUT2D eigenvalue weighted by molar-refractivity contribution is 0.167. The molecule has 19 heavy (non-hydrogen) atoms.